The maximum absolute atomic E-state index is 12.0. The van der Waals surface area contributed by atoms with Gasteiger partial charge in [0.2, 0.25) is 0 Å². The molecule has 1 aromatic carbocycles. The number of nitrogens with zero attached hydrogens (tertiary/aromatic N) is 1. The maximum atomic E-state index is 12.0. The molecule has 0 amide bonds. The van der Waals surface area contributed by atoms with Gasteiger partial charge in [0, 0.05) is 23.0 Å². The van der Waals surface area contributed by atoms with Gasteiger partial charge < -0.3 is 9.84 Å². The summed E-state index contributed by atoms with van der Waals surface area (Å²) in [6, 6.07) is 7.34. The Hall–Kier alpha value is -1.69. The highest BCUT2D eigenvalue weighted by Gasteiger charge is 2.23. The average molecular weight is 338 g/mol. The van der Waals surface area contributed by atoms with Crippen LogP contribution >= 0.6 is 22.9 Å². The van der Waals surface area contributed by atoms with Crippen LogP contribution in [0.4, 0.5) is 0 Å². The SMILES string of the molecule is C=C(C(=O)OC(C)Cc1ccc(Cl)cc1)C(O)c1nccs1. The molecule has 0 radical (unpaired) electrons. The van der Waals surface area contributed by atoms with Crippen molar-refractivity contribution in [2.24, 2.45) is 0 Å². The summed E-state index contributed by atoms with van der Waals surface area (Å²) in [5, 5.41) is 12.8. The van der Waals surface area contributed by atoms with Crippen molar-refractivity contribution in [3.8, 4) is 0 Å². The fourth-order valence-corrected chi connectivity index (χ4v) is 2.66. The van der Waals surface area contributed by atoms with Gasteiger partial charge >= 0.3 is 5.97 Å². The quantitative estimate of drug-likeness (QED) is 0.646. The first kappa shape index (κ1) is 16.7. The lowest BCUT2D eigenvalue weighted by Gasteiger charge is -2.16. The summed E-state index contributed by atoms with van der Waals surface area (Å²) in [5.41, 5.74) is 0.994. The van der Waals surface area contributed by atoms with Gasteiger partial charge in [0.15, 0.2) is 0 Å². The Morgan fingerprint density at radius 3 is 2.73 bits per heavy atom. The molecule has 1 N–H and O–H groups in total. The fourth-order valence-electron chi connectivity index (χ4n) is 1.88. The van der Waals surface area contributed by atoms with Crippen LogP contribution in [0.5, 0.6) is 0 Å². The maximum Gasteiger partial charge on any atom is 0.336 e. The number of thiazole rings is 1. The molecule has 2 rings (SSSR count). The summed E-state index contributed by atoms with van der Waals surface area (Å²) >= 11 is 7.09. The molecular formula is C16H16ClNO3S. The number of esters is 1. The minimum atomic E-state index is -1.13. The van der Waals surface area contributed by atoms with Crippen molar-refractivity contribution in [3.63, 3.8) is 0 Å². The molecule has 1 aromatic heterocycles. The third-order valence-electron chi connectivity index (χ3n) is 3.02. The Morgan fingerprint density at radius 1 is 1.45 bits per heavy atom. The van der Waals surface area contributed by atoms with E-state index in [9.17, 15) is 9.90 Å². The summed E-state index contributed by atoms with van der Waals surface area (Å²) < 4.78 is 5.31. The van der Waals surface area contributed by atoms with Crippen molar-refractivity contribution < 1.29 is 14.6 Å². The Labute approximate surface area is 138 Å². The molecule has 0 saturated heterocycles. The molecule has 0 spiro atoms. The highest BCUT2D eigenvalue weighted by Crippen LogP contribution is 2.23. The van der Waals surface area contributed by atoms with E-state index in [-0.39, 0.29) is 11.7 Å². The van der Waals surface area contributed by atoms with Gasteiger partial charge in [0.1, 0.15) is 17.2 Å². The molecule has 116 valence electrons. The number of ether oxygens (including phenoxy) is 1. The van der Waals surface area contributed by atoms with Crippen LogP contribution < -0.4 is 0 Å². The Morgan fingerprint density at radius 2 is 2.14 bits per heavy atom. The first-order chi connectivity index (χ1) is 10.5. The number of halogens is 1. The predicted octanol–water partition coefficient (Wildman–Crippen LogP) is 3.56. The van der Waals surface area contributed by atoms with E-state index < -0.39 is 12.1 Å². The van der Waals surface area contributed by atoms with Crippen molar-refractivity contribution >= 4 is 28.9 Å². The molecule has 2 unspecified atom stereocenters. The van der Waals surface area contributed by atoms with E-state index in [4.69, 9.17) is 16.3 Å². The molecule has 0 bridgehead atoms. The van der Waals surface area contributed by atoms with Crippen LogP contribution in [-0.2, 0) is 16.0 Å². The highest BCUT2D eigenvalue weighted by molar-refractivity contribution is 7.09. The molecule has 22 heavy (non-hydrogen) atoms. The first-order valence-corrected chi connectivity index (χ1v) is 7.95. The fraction of sp³-hybridized carbons (Fsp3) is 0.250. The van der Waals surface area contributed by atoms with E-state index in [0.717, 1.165) is 5.56 Å². The third-order valence-corrected chi connectivity index (χ3v) is 4.10. The molecule has 0 fully saturated rings. The lowest BCUT2D eigenvalue weighted by molar-refractivity contribution is -0.144. The molecule has 6 heteroatoms. The van der Waals surface area contributed by atoms with E-state index in [2.05, 4.69) is 11.6 Å². The van der Waals surface area contributed by atoms with Crippen LogP contribution in [-0.4, -0.2) is 22.2 Å². The van der Waals surface area contributed by atoms with E-state index in [1.54, 1.807) is 30.6 Å². The number of carbonyl (C=O) groups excluding carboxylic acids is 1. The number of rotatable bonds is 6. The van der Waals surface area contributed by atoms with Gasteiger partial charge in [-0.1, -0.05) is 30.3 Å². The van der Waals surface area contributed by atoms with Gasteiger partial charge in [-0.05, 0) is 24.6 Å². The van der Waals surface area contributed by atoms with Crippen molar-refractivity contribution in [2.75, 3.05) is 0 Å². The minimum absolute atomic E-state index is 0.0158. The second-order valence-corrected chi connectivity index (χ2v) is 6.21. The van der Waals surface area contributed by atoms with Crippen molar-refractivity contribution in [1.82, 2.24) is 4.98 Å². The van der Waals surface area contributed by atoms with Gasteiger partial charge in [-0.2, -0.15) is 0 Å². The summed E-state index contributed by atoms with van der Waals surface area (Å²) in [6.07, 6.45) is 0.651. The molecule has 1 heterocycles. The number of aromatic nitrogens is 1. The molecular weight excluding hydrogens is 322 g/mol. The van der Waals surface area contributed by atoms with E-state index in [1.165, 1.54) is 11.3 Å². The van der Waals surface area contributed by atoms with E-state index >= 15 is 0 Å². The summed E-state index contributed by atoms with van der Waals surface area (Å²) in [4.78, 5) is 16.0. The zero-order valence-corrected chi connectivity index (χ0v) is 13.6. The molecule has 0 aliphatic rings. The Kier molecular flexibility index (Phi) is 5.71. The number of aliphatic hydroxyl groups is 1. The summed E-state index contributed by atoms with van der Waals surface area (Å²) in [7, 11) is 0. The largest absolute Gasteiger partial charge is 0.459 e. The Balaban J connectivity index is 1.90. The van der Waals surface area contributed by atoms with Crippen LogP contribution in [0.25, 0.3) is 0 Å². The second-order valence-electron chi connectivity index (χ2n) is 4.84. The lowest BCUT2D eigenvalue weighted by Crippen LogP contribution is -2.21. The number of aliphatic hydroxyl groups excluding tert-OH is 1. The summed E-state index contributed by atoms with van der Waals surface area (Å²) in [5.74, 6) is -0.621. The zero-order chi connectivity index (χ0) is 16.1. The summed E-state index contributed by atoms with van der Waals surface area (Å²) in [6.45, 7) is 5.39. The van der Waals surface area contributed by atoms with Crippen LogP contribution in [0, 0.1) is 0 Å². The van der Waals surface area contributed by atoms with Crippen LogP contribution in [0.3, 0.4) is 0 Å². The van der Waals surface area contributed by atoms with Gasteiger partial charge in [0.05, 0.1) is 5.57 Å². The zero-order valence-electron chi connectivity index (χ0n) is 12.0. The lowest BCUT2D eigenvalue weighted by atomic mass is 10.1. The van der Waals surface area contributed by atoms with E-state index in [1.807, 2.05) is 12.1 Å². The normalized spacial score (nSPS) is 13.4. The minimum Gasteiger partial charge on any atom is -0.459 e. The molecule has 4 nitrogen and oxygen atoms in total. The van der Waals surface area contributed by atoms with Crippen LogP contribution in [0.15, 0.2) is 48.0 Å². The van der Waals surface area contributed by atoms with Gasteiger partial charge in [-0.3, -0.25) is 0 Å². The predicted molar refractivity (Wildman–Crippen MR) is 86.9 cm³/mol. The van der Waals surface area contributed by atoms with Crippen LogP contribution in [0.2, 0.25) is 5.02 Å². The third kappa shape index (κ3) is 4.40. The van der Waals surface area contributed by atoms with Crippen molar-refractivity contribution in [2.45, 2.75) is 25.6 Å². The van der Waals surface area contributed by atoms with Gasteiger partial charge in [-0.15, -0.1) is 11.3 Å². The number of hydrogen-bond donors (Lipinski definition) is 1. The smallest absolute Gasteiger partial charge is 0.336 e. The highest BCUT2D eigenvalue weighted by atomic mass is 35.5. The molecule has 0 aliphatic heterocycles. The first-order valence-electron chi connectivity index (χ1n) is 6.69. The average Bonchev–Trinajstić information content (AvgIpc) is 3.02. The molecule has 2 atom stereocenters. The monoisotopic (exact) mass is 337 g/mol. The number of carbonyl (C=O) groups is 1. The Bertz CT molecular complexity index is 640. The number of benzene rings is 1. The van der Waals surface area contributed by atoms with Crippen LogP contribution in [0.1, 0.15) is 23.6 Å². The van der Waals surface area contributed by atoms with Gasteiger partial charge in [0.25, 0.3) is 0 Å². The molecule has 0 aliphatic carbocycles. The van der Waals surface area contributed by atoms with Crippen molar-refractivity contribution in [3.05, 3.63) is 63.6 Å². The number of hydrogen-bond acceptors (Lipinski definition) is 5. The molecule has 2 aromatic rings. The molecule has 0 saturated carbocycles. The second kappa shape index (κ2) is 7.54. The standard InChI is InChI=1S/C16H16ClNO3S/c1-10(9-12-3-5-13(17)6-4-12)21-16(20)11(2)14(19)15-18-7-8-22-15/h3-8,10,14,19H,2,9H2,1H3. The van der Waals surface area contributed by atoms with Gasteiger partial charge in [-0.25, -0.2) is 9.78 Å². The van der Waals surface area contributed by atoms with E-state index in [0.29, 0.717) is 16.5 Å². The topological polar surface area (TPSA) is 59.4 Å². The van der Waals surface area contributed by atoms with Crippen molar-refractivity contribution in [1.29, 1.82) is 0 Å².